The van der Waals surface area contributed by atoms with Gasteiger partial charge in [-0.3, -0.25) is 4.98 Å². The van der Waals surface area contributed by atoms with E-state index in [1.165, 1.54) is 0 Å². The Labute approximate surface area is 152 Å². The number of hydrogen-bond donors (Lipinski definition) is 3. The molecule has 0 aliphatic carbocycles. The molecule has 1 aromatic carbocycles. The van der Waals surface area contributed by atoms with Crippen LogP contribution in [0.5, 0.6) is 5.75 Å². The second-order valence-corrected chi connectivity index (χ2v) is 5.55. The minimum absolute atomic E-state index is 0.00934. The summed E-state index contributed by atoms with van der Waals surface area (Å²) in [7, 11) is 1.65. The van der Waals surface area contributed by atoms with Gasteiger partial charge in [0.05, 0.1) is 19.4 Å². The maximum atomic E-state index is 9.03. The number of aromatic nitrogens is 3. The fraction of sp³-hybridized carbons (Fsp3) is 0.211. The van der Waals surface area contributed by atoms with Gasteiger partial charge in [-0.15, -0.1) is 0 Å². The molecule has 2 heterocycles. The zero-order chi connectivity index (χ0) is 18.2. The van der Waals surface area contributed by atoms with Crippen LogP contribution in [0.15, 0.2) is 54.9 Å². The van der Waals surface area contributed by atoms with Crippen LogP contribution in [0, 0.1) is 0 Å². The lowest BCUT2D eigenvalue weighted by Gasteiger charge is -2.11. The van der Waals surface area contributed by atoms with E-state index in [4.69, 9.17) is 9.84 Å². The standard InChI is InChI=1S/C19H21N5O2/c1-26-16-4-2-3-14(11-16)13-22-18-12-17(15-5-7-20-8-6-15)23-19(24-18)21-9-10-25/h2-8,11-12,25H,9-10,13H2,1H3,(H2,21,22,23,24). The highest BCUT2D eigenvalue weighted by atomic mass is 16.5. The summed E-state index contributed by atoms with van der Waals surface area (Å²) < 4.78 is 5.25. The lowest BCUT2D eigenvalue weighted by atomic mass is 10.2. The Morgan fingerprint density at radius 2 is 1.88 bits per heavy atom. The minimum Gasteiger partial charge on any atom is -0.497 e. The SMILES string of the molecule is COc1cccc(CNc2cc(-c3ccncc3)nc(NCCO)n2)c1. The van der Waals surface area contributed by atoms with E-state index < -0.39 is 0 Å². The highest BCUT2D eigenvalue weighted by Gasteiger charge is 2.07. The number of anilines is 2. The van der Waals surface area contributed by atoms with E-state index in [-0.39, 0.29) is 6.61 Å². The van der Waals surface area contributed by atoms with Gasteiger partial charge in [0.2, 0.25) is 5.95 Å². The van der Waals surface area contributed by atoms with E-state index in [0.29, 0.717) is 24.9 Å². The smallest absolute Gasteiger partial charge is 0.225 e. The number of methoxy groups -OCH3 is 1. The normalized spacial score (nSPS) is 10.4. The van der Waals surface area contributed by atoms with Crippen molar-refractivity contribution in [3.8, 4) is 17.0 Å². The van der Waals surface area contributed by atoms with Crippen LogP contribution < -0.4 is 15.4 Å². The maximum Gasteiger partial charge on any atom is 0.225 e. The Hall–Kier alpha value is -3.19. The third kappa shape index (κ3) is 4.67. The number of pyridine rings is 1. The van der Waals surface area contributed by atoms with Gasteiger partial charge >= 0.3 is 0 Å². The molecule has 0 fully saturated rings. The van der Waals surface area contributed by atoms with Gasteiger partial charge in [0, 0.05) is 37.1 Å². The van der Waals surface area contributed by atoms with Crippen LogP contribution in [0.2, 0.25) is 0 Å². The monoisotopic (exact) mass is 351 g/mol. The van der Waals surface area contributed by atoms with Crippen molar-refractivity contribution in [2.45, 2.75) is 6.54 Å². The van der Waals surface area contributed by atoms with Crippen LogP contribution in [0.3, 0.4) is 0 Å². The van der Waals surface area contributed by atoms with E-state index in [1.807, 2.05) is 42.5 Å². The predicted octanol–water partition coefficient (Wildman–Crippen LogP) is 2.56. The lowest BCUT2D eigenvalue weighted by molar-refractivity contribution is 0.311. The summed E-state index contributed by atoms with van der Waals surface area (Å²) in [6.07, 6.45) is 3.45. The highest BCUT2D eigenvalue weighted by Crippen LogP contribution is 2.21. The topological polar surface area (TPSA) is 92.2 Å². The molecular weight excluding hydrogens is 330 g/mol. The molecule has 3 aromatic rings. The second-order valence-electron chi connectivity index (χ2n) is 5.55. The van der Waals surface area contributed by atoms with E-state index in [0.717, 1.165) is 22.6 Å². The summed E-state index contributed by atoms with van der Waals surface area (Å²) in [5.41, 5.74) is 2.80. The van der Waals surface area contributed by atoms with Crippen molar-refractivity contribution in [3.05, 3.63) is 60.4 Å². The van der Waals surface area contributed by atoms with Gasteiger partial charge in [0.25, 0.3) is 0 Å². The lowest BCUT2D eigenvalue weighted by Crippen LogP contribution is -2.11. The Morgan fingerprint density at radius 3 is 2.65 bits per heavy atom. The van der Waals surface area contributed by atoms with Gasteiger partial charge in [-0.2, -0.15) is 4.98 Å². The van der Waals surface area contributed by atoms with Crippen molar-refractivity contribution in [1.82, 2.24) is 15.0 Å². The van der Waals surface area contributed by atoms with Gasteiger partial charge in [-0.25, -0.2) is 4.98 Å². The third-order valence-corrected chi connectivity index (χ3v) is 3.70. The van der Waals surface area contributed by atoms with Crippen LogP contribution in [0.1, 0.15) is 5.56 Å². The molecule has 0 atom stereocenters. The number of nitrogens with zero attached hydrogens (tertiary/aromatic N) is 3. The van der Waals surface area contributed by atoms with Crippen molar-refractivity contribution in [1.29, 1.82) is 0 Å². The number of rotatable bonds is 8. The molecule has 2 aromatic heterocycles. The zero-order valence-electron chi connectivity index (χ0n) is 14.5. The highest BCUT2D eigenvalue weighted by molar-refractivity contribution is 5.63. The Morgan fingerprint density at radius 1 is 1.04 bits per heavy atom. The Kier molecular flexibility index (Phi) is 5.95. The van der Waals surface area contributed by atoms with Gasteiger partial charge < -0.3 is 20.5 Å². The van der Waals surface area contributed by atoms with Crippen molar-refractivity contribution in [3.63, 3.8) is 0 Å². The number of aliphatic hydroxyl groups excluding tert-OH is 1. The fourth-order valence-electron chi connectivity index (χ4n) is 2.43. The summed E-state index contributed by atoms with van der Waals surface area (Å²) in [6.45, 7) is 0.994. The minimum atomic E-state index is 0.00934. The van der Waals surface area contributed by atoms with Gasteiger partial charge in [0.15, 0.2) is 0 Å². The summed E-state index contributed by atoms with van der Waals surface area (Å²) in [6, 6.07) is 13.5. The molecule has 7 heteroatoms. The largest absolute Gasteiger partial charge is 0.497 e. The van der Waals surface area contributed by atoms with E-state index in [1.54, 1.807) is 19.5 Å². The van der Waals surface area contributed by atoms with Crippen LogP contribution in [0.4, 0.5) is 11.8 Å². The molecule has 134 valence electrons. The first-order valence-electron chi connectivity index (χ1n) is 8.29. The third-order valence-electron chi connectivity index (χ3n) is 3.70. The Bertz CT molecular complexity index is 842. The molecule has 0 aliphatic rings. The quantitative estimate of drug-likeness (QED) is 0.574. The number of nitrogens with one attached hydrogen (secondary N) is 2. The van der Waals surface area contributed by atoms with Gasteiger partial charge in [-0.1, -0.05) is 12.1 Å². The van der Waals surface area contributed by atoms with Crippen LogP contribution in [0.25, 0.3) is 11.3 Å². The van der Waals surface area contributed by atoms with Crippen molar-refractivity contribution < 1.29 is 9.84 Å². The van der Waals surface area contributed by atoms with Crippen LogP contribution >= 0.6 is 0 Å². The predicted molar refractivity (Wildman–Crippen MR) is 101 cm³/mol. The van der Waals surface area contributed by atoms with Crippen molar-refractivity contribution >= 4 is 11.8 Å². The van der Waals surface area contributed by atoms with E-state index in [9.17, 15) is 0 Å². The molecule has 0 unspecified atom stereocenters. The van der Waals surface area contributed by atoms with Crippen molar-refractivity contribution in [2.24, 2.45) is 0 Å². The number of hydrogen-bond acceptors (Lipinski definition) is 7. The summed E-state index contributed by atoms with van der Waals surface area (Å²) in [5.74, 6) is 1.96. The molecule has 0 spiro atoms. The van der Waals surface area contributed by atoms with E-state index >= 15 is 0 Å². The van der Waals surface area contributed by atoms with Gasteiger partial charge in [-0.05, 0) is 29.8 Å². The second kappa shape index (κ2) is 8.77. The number of aliphatic hydroxyl groups is 1. The fourth-order valence-corrected chi connectivity index (χ4v) is 2.43. The molecule has 0 radical (unpaired) electrons. The number of ether oxygens (including phenoxy) is 1. The summed E-state index contributed by atoms with van der Waals surface area (Å²) in [4.78, 5) is 13.0. The maximum absolute atomic E-state index is 9.03. The molecule has 7 nitrogen and oxygen atoms in total. The molecule has 0 aliphatic heterocycles. The first-order chi connectivity index (χ1) is 12.8. The number of benzene rings is 1. The summed E-state index contributed by atoms with van der Waals surface area (Å²) in [5, 5.41) is 15.4. The average Bonchev–Trinajstić information content (AvgIpc) is 2.71. The molecule has 26 heavy (non-hydrogen) atoms. The zero-order valence-corrected chi connectivity index (χ0v) is 14.5. The molecule has 0 bridgehead atoms. The molecule has 0 saturated heterocycles. The summed E-state index contributed by atoms with van der Waals surface area (Å²) >= 11 is 0. The van der Waals surface area contributed by atoms with Crippen molar-refractivity contribution in [2.75, 3.05) is 30.9 Å². The molecule has 3 rings (SSSR count). The molecular formula is C19H21N5O2. The first-order valence-corrected chi connectivity index (χ1v) is 8.29. The first kappa shape index (κ1) is 17.6. The van der Waals surface area contributed by atoms with Crippen LogP contribution in [-0.2, 0) is 6.54 Å². The van der Waals surface area contributed by atoms with Gasteiger partial charge in [0.1, 0.15) is 11.6 Å². The molecule has 0 saturated carbocycles. The average molecular weight is 351 g/mol. The van der Waals surface area contributed by atoms with Crippen LogP contribution in [-0.4, -0.2) is 40.3 Å². The molecule has 3 N–H and O–H groups in total. The Balaban J connectivity index is 1.82. The molecule has 0 amide bonds. The van der Waals surface area contributed by atoms with E-state index in [2.05, 4.69) is 25.6 Å².